The molecule has 0 atom stereocenters. The van der Waals surface area contributed by atoms with Gasteiger partial charge in [0.1, 0.15) is 0 Å². The molecule has 0 bridgehead atoms. The van der Waals surface area contributed by atoms with Crippen molar-refractivity contribution in [2.45, 2.75) is 40.0 Å². The second-order valence-corrected chi connectivity index (χ2v) is 7.30. The maximum Gasteiger partial charge on any atom is 0.243 e. The van der Waals surface area contributed by atoms with Crippen LogP contribution in [0.25, 0.3) is 0 Å². The summed E-state index contributed by atoms with van der Waals surface area (Å²) in [6, 6.07) is 7.63. The first kappa shape index (κ1) is 19.8. The number of benzene rings is 1. The molecule has 0 spiro atoms. The summed E-state index contributed by atoms with van der Waals surface area (Å²) in [6.07, 6.45) is 1.04. The first-order chi connectivity index (χ1) is 12.4. The van der Waals surface area contributed by atoms with E-state index in [-0.39, 0.29) is 30.6 Å². The van der Waals surface area contributed by atoms with Gasteiger partial charge in [-0.15, -0.1) is 11.3 Å². The van der Waals surface area contributed by atoms with E-state index in [2.05, 4.69) is 10.6 Å². The summed E-state index contributed by atoms with van der Waals surface area (Å²) >= 11 is 1.40. The van der Waals surface area contributed by atoms with Crippen molar-refractivity contribution in [2.24, 2.45) is 0 Å². The van der Waals surface area contributed by atoms with Gasteiger partial charge in [-0.1, -0.05) is 23.8 Å². The average Bonchev–Trinajstić information content (AvgIpc) is 3.11. The molecule has 5 nitrogen and oxygen atoms in total. The third kappa shape index (κ3) is 5.81. The molecular weight excluding hydrogens is 348 g/mol. The van der Waals surface area contributed by atoms with Crippen LogP contribution in [-0.2, 0) is 9.59 Å². The Morgan fingerprint density at radius 3 is 2.31 bits per heavy atom. The molecule has 0 saturated carbocycles. The van der Waals surface area contributed by atoms with E-state index < -0.39 is 0 Å². The van der Waals surface area contributed by atoms with Gasteiger partial charge in [0.05, 0.1) is 11.4 Å². The largest absolute Gasteiger partial charge is 0.347 e. The van der Waals surface area contributed by atoms with Crippen LogP contribution in [0.1, 0.15) is 45.6 Å². The number of ketones is 1. The highest BCUT2D eigenvalue weighted by atomic mass is 32.1. The van der Waals surface area contributed by atoms with Gasteiger partial charge < -0.3 is 10.6 Å². The molecule has 1 heterocycles. The third-order valence-corrected chi connectivity index (χ3v) is 4.90. The molecule has 0 radical (unpaired) electrons. The minimum atomic E-state index is -0.261. The number of carbonyl (C=O) groups is 3. The summed E-state index contributed by atoms with van der Waals surface area (Å²) in [5.74, 6) is -0.435. The summed E-state index contributed by atoms with van der Waals surface area (Å²) in [5.41, 5.74) is 3.92. The highest BCUT2D eigenvalue weighted by molar-refractivity contribution is 7.12. The van der Waals surface area contributed by atoms with Crippen LogP contribution in [0.2, 0.25) is 0 Å². The monoisotopic (exact) mass is 372 g/mol. The molecule has 0 fully saturated rings. The Balaban J connectivity index is 1.72. The van der Waals surface area contributed by atoms with Gasteiger partial charge in [-0.2, -0.15) is 0 Å². The Bertz CT molecular complexity index is 774. The molecule has 138 valence electrons. The second-order valence-electron chi connectivity index (χ2n) is 6.35. The SMILES string of the molecule is Cc1cc(C)c(NC(=O)CNC(=O)CCCC(=O)c2cccs2)c(C)c1. The lowest BCUT2D eigenvalue weighted by atomic mass is 10.1. The lowest BCUT2D eigenvalue weighted by molar-refractivity contribution is -0.124. The lowest BCUT2D eigenvalue weighted by Gasteiger charge is -2.13. The van der Waals surface area contributed by atoms with Crippen molar-refractivity contribution in [3.8, 4) is 0 Å². The third-order valence-electron chi connectivity index (χ3n) is 3.99. The zero-order valence-corrected chi connectivity index (χ0v) is 16.2. The smallest absolute Gasteiger partial charge is 0.243 e. The van der Waals surface area contributed by atoms with Crippen LogP contribution in [-0.4, -0.2) is 24.1 Å². The molecule has 0 aliphatic rings. The normalized spacial score (nSPS) is 10.4. The number of Topliss-reactive ketones (excluding diaryl/α,β-unsaturated/α-hetero) is 1. The molecule has 0 aliphatic heterocycles. The quantitative estimate of drug-likeness (QED) is 0.693. The topological polar surface area (TPSA) is 75.3 Å². The van der Waals surface area contributed by atoms with Crippen LogP contribution in [0.15, 0.2) is 29.6 Å². The van der Waals surface area contributed by atoms with Gasteiger partial charge in [0.2, 0.25) is 11.8 Å². The van der Waals surface area contributed by atoms with Crippen LogP contribution < -0.4 is 10.6 Å². The van der Waals surface area contributed by atoms with Gasteiger partial charge in [0.25, 0.3) is 0 Å². The number of carbonyl (C=O) groups excluding carboxylic acids is 3. The summed E-state index contributed by atoms with van der Waals surface area (Å²) in [6.45, 7) is 5.82. The van der Waals surface area contributed by atoms with Crippen molar-refractivity contribution < 1.29 is 14.4 Å². The molecule has 0 unspecified atom stereocenters. The van der Waals surface area contributed by atoms with Gasteiger partial charge in [-0.05, 0) is 49.8 Å². The first-order valence-corrected chi connectivity index (χ1v) is 9.46. The number of nitrogens with one attached hydrogen (secondary N) is 2. The van der Waals surface area contributed by atoms with Crippen molar-refractivity contribution in [3.63, 3.8) is 0 Å². The number of aryl methyl sites for hydroxylation is 3. The lowest BCUT2D eigenvalue weighted by Crippen LogP contribution is -2.33. The highest BCUT2D eigenvalue weighted by Gasteiger charge is 2.11. The fourth-order valence-corrected chi connectivity index (χ4v) is 3.49. The van der Waals surface area contributed by atoms with E-state index in [1.165, 1.54) is 11.3 Å². The molecule has 1 aromatic carbocycles. The van der Waals surface area contributed by atoms with E-state index in [9.17, 15) is 14.4 Å². The van der Waals surface area contributed by atoms with Crippen LogP contribution in [0, 0.1) is 20.8 Å². The zero-order valence-electron chi connectivity index (χ0n) is 15.3. The molecule has 0 saturated heterocycles. The first-order valence-electron chi connectivity index (χ1n) is 8.58. The standard InChI is InChI=1S/C20H24N2O3S/c1-13-10-14(2)20(15(3)11-13)22-19(25)12-21-18(24)8-4-6-16(23)17-7-5-9-26-17/h5,7,9-11H,4,6,8,12H2,1-3H3,(H,21,24)(H,22,25). The maximum atomic E-state index is 12.1. The summed E-state index contributed by atoms with van der Waals surface area (Å²) < 4.78 is 0. The minimum absolute atomic E-state index is 0.0517. The van der Waals surface area contributed by atoms with Crippen LogP contribution >= 0.6 is 11.3 Å². The van der Waals surface area contributed by atoms with Gasteiger partial charge in [0.15, 0.2) is 5.78 Å². The molecule has 2 amide bonds. The highest BCUT2D eigenvalue weighted by Crippen LogP contribution is 2.21. The number of amides is 2. The Morgan fingerprint density at radius 2 is 1.69 bits per heavy atom. The van der Waals surface area contributed by atoms with Crippen molar-refractivity contribution in [2.75, 3.05) is 11.9 Å². The van der Waals surface area contributed by atoms with Gasteiger partial charge in [0, 0.05) is 18.5 Å². The molecule has 2 aromatic rings. The average molecular weight is 372 g/mol. The minimum Gasteiger partial charge on any atom is -0.347 e. The fraction of sp³-hybridized carbons (Fsp3) is 0.350. The van der Waals surface area contributed by atoms with Crippen molar-refractivity contribution in [3.05, 3.63) is 51.2 Å². The number of thiophene rings is 1. The van der Waals surface area contributed by atoms with E-state index in [4.69, 9.17) is 0 Å². The summed E-state index contributed by atoms with van der Waals surface area (Å²) in [7, 11) is 0. The molecule has 2 N–H and O–H groups in total. The van der Waals surface area contributed by atoms with Crippen LogP contribution in [0.5, 0.6) is 0 Å². The van der Waals surface area contributed by atoms with Gasteiger partial charge in [-0.25, -0.2) is 0 Å². The van der Waals surface area contributed by atoms with E-state index >= 15 is 0 Å². The summed E-state index contributed by atoms with van der Waals surface area (Å²) in [5, 5.41) is 7.31. The van der Waals surface area contributed by atoms with Gasteiger partial charge >= 0.3 is 0 Å². The van der Waals surface area contributed by atoms with Crippen molar-refractivity contribution >= 4 is 34.6 Å². The van der Waals surface area contributed by atoms with E-state index in [0.717, 1.165) is 22.4 Å². The molecule has 26 heavy (non-hydrogen) atoms. The van der Waals surface area contributed by atoms with E-state index in [0.29, 0.717) is 17.7 Å². The Hall–Kier alpha value is -2.47. The number of anilines is 1. The molecular formula is C20H24N2O3S. The van der Waals surface area contributed by atoms with Crippen molar-refractivity contribution in [1.29, 1.82) is 0 Å². The zero-order chi connectivity index (χ0) is 19.1. The molecule has 0 aliphatic carbocycles. The molecule has 6 heteroatoms. The Kier molecular flexibility index (Phi) is 7.09. The fourth-order valence-electron chi connectivity index (χ4n) is 2.80. The Morgan fingerprint density at radius 1 is 1.00 bits per heavy atom. The molecule has 2 rings (SSSR count). The predicted molar refractivity (Wildman–Crippen MR) is 105 cm³/mol. The van der Waals surface area contributed by atoms with Crippen LogP contribution in [0.4, 0.5) is 5.69 Å². The van der Waals surface area contributed by atoms with E-state index in [1.807, 2.05) is 44.4 Å². The molecule has 1 aromatic heterocycles. The number of rotatable bonds is 8. The van der Waals surface area contributed by atoms with Crippen LogP contribution in [0.3, 0.4) is 0 Å². The maximum absolute atomic E-state index is 12.1. The van der Waals surface area contributed by atoms with Crippen molar-refractivity contribution in [1.82, 2.24) is 5.32 Å². The van der Waals surface area contributed by atoms with Gasteiger partial charge in [-0.3, -0.25) is 14.4 Å². The summed E-state index contributed by atoms with van der Waals surface area (Å²) in [4.78, 5) is 36.5. The second kappa shape index (κ2) is 9.29. The number of hydrogen-bond donors (Lipinski definition) is 2. The Labute approximate surface area is 157 Å². The predicted octanol–water partition coefficient (Wildman–Crippen LogP) is 3.78. The van der Waals surface area contributed by atoms with E-state index in [1.54, 1.807) is 6.07 Å². The number of hydrogen-bond acceptors (Lipinski definition) is 4.